The summed E-state index contributed by atoms with van der Waals surface area (Å²) in [6.07, 6.45) is 1.54. The molecule has 0 radical (unpaired) electrons. The van der Waals surface area contributed by atoms with Crippen molar-refractivity contribution in [2.75, 3.05) is 13.2 Å². The monoisotopic (exact) mass is 247 g/mol. The number of hydrogen-bond donors (Lipinski definition) is 1. The first-order valence-electron chi connectivity index (χ1n) is 6.39. The highest BCUT2D eigenvalue weighted by Crippen LogP contribution is 2.27. The molecule has 1 aromatic rings. The van der Waals surface area contributed by atoms with Gasteiger partial charge in [-0.15, -0.1) is 0 Å². The third kappa shape index (κ3) is 2.02. The summed E-state index contributed by atoms with van der Waals surface area (Å²) in [5, 5.41) is 9.41. The lowest BCUT2D eigenvalue weighted by Crippen LogP contribution is -2.50. The Morgan fingerprint density at radius 1 is 1.33 bits per heavy atom. The molecule has 1 unspecified atom stereocenters. The number of rotatable bonds is 2. The van der Waals surface area contributed by atoms with Gasteiger partial charge in [0.1, 0.15) is 6.04 Å². The molecule has 0 amide bonds. The number of hydrogen-bond acceptors (Lipinski definition) is 3. The first kappa shape index (κ1) is 11.7. The summed E-state index contributed by atoms with van der Waals surface area (Å²) in [6.45, 7) is 2.13. The SMILES string of the molecule is O=C(O)[C@@H]1Cc2ccccc2CN1C1CCOC1. The zero-order valence-corrected chi connectivity index (χ0v) is 10.2. The van der Waals surface area contributed by atoms with Crippen molar-refractivity contribution in [3.8, 4) is 0 Å². The van der Waals surface area contributed by atoms with Crippen molar-refractivity contribution in [3.63, 3.8) is 0 Å². The number of carboxylic acid groups (broad SMARTS) is 1. The van der Waals surface area contributed by atoms with E-state index in [1.165, 1.54) is 11.1 Å². The molecular weight excluding hydrogens is 230 g/mol. The van der Waals surface area contributed by atoms with Crippen LogP contribution in [0, 0.1) is 0 Å². The molecule has 1 N–H and O–H groups in total. The number of fused-ring (bicyclic) bond motifs is 1. The molecule has 18 heavy (non-hydrogen) atoms. The van der Waals surface area contributed by atoms with Gasteiger partial charge in [-0.1, -0.05) is 24.3 Å². The molecule has 0 aliphatic carbocycles. The van der Waals surface area contributed by atoms with Crippen molar-refractivity contribution >= 4 is 5.97 Å². The third-order valence-corrected chi connectivity index (χ3v) is 3.94. The van der Waals surface area contributed by atoms with E-state index in [1.54, 1.807) is 0 Å². The molecule has 0 aromatic heterocycles. The van der Waals surface area contributed by atoms with Crippen LogP contribution in [0.1, 0.15) is 17.5 Å². The lowest BCUT2D eigenvalue weighted by Gasteiger charge is -2.37. The fraction of sp³-hybridized carbons (Fsp3) is 0.500. The zero-order valence-electron chi connectivity index (χ0n) is 10.2. The summed E-state index contributed by atoms with van der Waals surface area (Å²) in [4.78, 5) is 13.5. The van der Waals surface area contributed by atoms with Gasteiger partial charge < -0.3 is 9.84 Å². The molecule has 2 aliphatic heterocycles. The smallest absolute Gasteiger partial charge is 0.321 e. The average Bonchev–Trinajstić information content (AvgIpc) is 2.91. The van der Waals surface area contributed by atoms with Crippen LogP contribution in [0.3, 0.4) is 0 Å². The van der Waals surface area contributed by atoms with Crippen LogP contribution in [0.25, 0.3) is 0 Å². The summed E-state index contributed by atoms with van der Waals surface area (Å²) < 4.78 is 5.39. The van der Waals surface area contributed by atoms with E-state index in [9.17, 15) is 9.90 Å². The Kier molecular flexibility index (Phi) is 3.06. The van der Waals surface area contributed by atoms with Crippen molar-refractivity contribution in [1.82, 2.24) is 4.90 Å². The van der Waals surface area contributed by atoms with Crippen LogP contribution >= 0.6 is 0 Å². The lowest BCUT2D eigenvalue weighted by atomic mass is 9.92. The number of aliphatic carboxylic acids is 1. The maximum Gasteiger partial charge on any atom is 0.321 e. The molecule has 0 spiro atoms. The van der Waals surface area contributed by atoms with Gasteiger partial charge in [-0.25, -0.2) is 0 Å². The molecule has 2 aliphatic rings. The lowest BCUT2D eigenvalue weighted by molar-refractivity contribution is -0.145. The van der Waals surface area contributed by atoms with Gasteiger partial charge in [-0.2, -0.15) is 0 Å². The average molecular weight is 247 g/mol. The summed E-state index contributed by atoms with van der Waals surface area (Å²) in [6, 6.07) is 7.96. The summed E-state index contributed by atoms with van der Waals surface area (Å²) in [5.74, 6) is -0.726. The Hall–Kier alpha value is -1.39. The number of carbonyl (C=O) groups is 1. The van der Waals surface area contributed by atoms with Crippen LogP contribution in [0.2, 0.25) is 0 Å². The van der Waals surface area contributed by atoms with E-state index in [2.05, 4.69) is 11.0 Å². The molecule has 1 saturated heterocycles. The van der Waals surface area contributed by atoms with Gasteiger partial charge in [0.15, 0.2) is 0 Å². The summed E-state index contributed by atoms with van der Waals surface area (Å²) in [5.41, 5.74) is 2.42. The molecule has 4 nitrogen and oxygen atoms in total. The van der Waals surface area contributed by atoms with Gasteiger partial charge in [0.05, 0.1) is 6.61 Å². The number of ether oxygens (including phenoxy) is 1. The normalized spacial score (nSPS) is 28.0. The standard InChI is InChI=1S/C14H17NO3/c16-14(17)13-7-10-3-1-2-4-11(10)8-15(13)12-5-6-18-9-12/h1-4,12-13H,5-9H2,(H,16,17)/t12?,13-/m0/s1. The predicted molar refractivity (Wildman–Crippen MR) is 66.3 cm³/mol. The molecule has 0 saturated carbocycles. The Morgan fingerprint density at radius 2 is 2.11 bits per heavy atom. The van der Waals surface area contributed by atoms with Gasteiger partial charge in [0.2, 0.25) is 0 Å². The van der Waals surface area contributed by atoms with Crippen molar-refractivity contribution in [2.45, 2.75) is 31.5 Å². The second-order valence-corrected chi connectivity index (χ2v) is 5.02. The molecule has 4 heteroatoms. The number of benzene rings is 1. The van der Waals surface area contributed by atoms with Gasteiger partial charge >= 0.3 is 5.97 Å². The van der Waals surface area contributed by atoms with Crippen LogP contribution in [0.4, 0.5) is 0 Å². The van der Waals surface area contributed by atoms with Crippen molar-refractivity contribution < 1.29 is 14.6 Å². The molecule has 1 aromatic carbocycles. The minimum absolute atomic E-state index is 0.249. The zero-order chi connectivity index (χ0) is 12.5. The third-order valence-electron chi connectivity index (χ3n) is 3.94. The van der Waals surface area contributed by atoms with E-state index < -0.39 is 12.0 Å². The van der Waals surface area contributed by atoms with Crippen LogP contribution in [0.5, 0.6) is 0 Å². The van der Waals surface area contributed by atoms with Crippen LogP contribution < -0.4 is 0 Å². The van der Waals surface area contributed by atoms with Crippen molar-refractivity contribution in [1.29, 1.82) is 0 Å². The number of carboxylic acids is 1. The van der Waals surface area contributed by atoms with E-state index in [0.717, 1.165) is 19.6 Å². The Morgan fingerprint density at radius 3 is 2.78 bits per heavy atom. The van der Waals surface area contributed by atoms with Gasteiger partial charge in [-0.3, -0.25) is 9.69 Å². The first-order chi connectivity index (χ1) is 8.75. The van der Waals surface area contributed by atoms with Crippen LogP contribution in [0.15, 0.2) is 24.3 Å². The molecule has 2 heterocycles. The maximum absolute atomic E-state index is 11.4. The summed E-state index contributed by atoms with van der Waals surface area (Å²) in [7, 11) is 0. The van der Waals surface area contributed by atoms with Crippen molar-refractivity contribution in [3.05, 3.63) is 35.4 Å². The van der Waals surface area contributed by atoms with Crippen LogP contribution in [-0.2, 0) is 22.5 Å². The van der Waals surface area contributed by atoms with Crippen LogP contribution in [-0.4, -0.2) is 41.3 Å². The quantitative estimate of drug-likeness (QED) is 0.855. The highest BCUT2D eigenvalue weighted by atomic mass is 16.5. The first-order valence-corrected chi connectivity index (χ1v) is 6.39. The highest BCUT2D eigenvalue weighted by molar-refractivity contribution is 5.74. The van der Waals surface area contributed by atoms with Gasteiger partial charge in [-0.05, 0) is 24.0 Å². The molecule has 3 rings (SSSR count). The minimum atomic E-state index is -0.726. The Balaban J connectivity index is 1.90. The minimum Gasteiger partial charge on any atom is -0.480 e. The van der Waals surface area contributed by atoms with E-state index >= 15 is 0 Å². The molecule has 1 fully saturated rings. The van der Waals surface area contributed by atoms with Gasteiger partial charge in [0.25, 0.3) is 0 Å². The van der Waals surface area contributed by atoms with E-state index in [-0.39, 0.29) is 6.04 Å². The second-order valence-electron chi connectivity index (χ2n) is 5.02. The Bertz CT molecular complexity index is 454. The molecule has 96 valence electrons. The van der Waals surface area contributed by atoms with E-state index in [1.807, 2.05) is 18.2 Å². The van der Waals surface area contributed by atoms with E-state index in [0.29, 0.717) is 13.0 Å². The fourth-order valence-corrected chi connectivity index (χ4v) is 2.94. The largest absolute Gasteiger partial charge is 0.480 e. The predicted octanol–water partition coefficient (Wildman–Crippen LogP) is 1.29. The highest BCUT2D eigenvalue weighted by Gasteiger charge is 2.36. The molecule has 2 atom stereocenters. The van der Waals surface area contributed by atoms with E-state index in [4.69, 9.17) is 4.74 Å². The maximum atomic E-state index is 11.4. The fourth-order valence-electron chi connectivity index (χ4n) is 2.94. The Labute approximate surface area is 106 Å². The second kappa shape index (κ2) is 4.71. The molecular formula is C14H17NO3. The number of nitrogens with zero attached hydrogens (tertiary/aromatic N) is 1. The van der Waals surface area contributed by atoms with Gasteiger partial charge in [0, 0.05) is 19.2 Å². The topological polar surface area (TPSA) is 49.8 Å². The molecule has 0 bridgehead atoms. The summed E-state index contributed by atoms with van der Waals surface area (Å²) >= 11 is 0. The van der Waals surface area contributed by atoms with Crippen molar-refractivity contribution in [2.24, 2.45) is 0 Å².